The molecule has 0 N–H and O–H groups in total. The first-order chi connectivity index (χ1) is 16.3. The van der Waals surface area contributed by atoms with E-state index in [-0.39, 0.29) is 11.3 Å². The van der Waals surface area contributed by atoms with E-state index in [2.05, 4.69) is 31.2 Å². The largest absolute Gasteiger partial charge is 0.429 e. The SMILES string of the molecule is CCCC1CCC(c2ccc(-c3ccc(OC(F)(F)c4cc(F)c(C)c(F)c4)cc3)cc2)CC1. The molecule has 0 aliphatic heterocycles. The molecule has 4 rings (SSSR count). The first kappa shape index (κ1) is 24.3. The fourth-order valence-corrected chi connectivity index (χ4v) is 4.88. The second-order valence-corrected chi connectivity index (χ2v) is 9.34. The number of benzene rings is 3. The molecular weight excluding hydrogens is 440 g/mol. The van der Waals surface area contributed by atoms with Gasteiger partial charge in [0.15, 0.2) is 0 Å². The van der Waals surface area contributed by atoms with E-state index in [1.165, 1.54) is 63.1 Å². The third kappa shape index (κ3) is 5.45. The Morgan fingerprint density at radius 2 is 1.35 bits per heavy atom. The van der Waals surface area contributed by atoms with E-state index < -0.39 is 23.3 Å². The molecule has 0 unspecified atom stereocenters. The third-order valence-corrected chi connectivity index (χ3v) is 6.98. The number of hydrogen-bond donors (Lipinski definition) is 0. The highest BCUT2D eigenvalue weighted by molar-refractivity contribution is 5.64. The van der Waals surface area contributed by atoms with Crippen molar-refractivity contribution in [1.29, 1.82) is 0 Å². The molecule has 1 aliphatic rings. The fraction of sp³-hybridized carbons (Fsp3) is 0.379. The van der Waals surface area contributed by atoms with Crippen LogP contribution in [0.4, 0.5) is 17.6 Å². The summed E-state index contributed by atoms with van der Waals surface area (Å²) in [7, 11) is 0. The summed E-state index contributed by atoms with van der Waals surface area (Å²) in [6.07, 6.45) is 3.79. The second-order valence-electron chi connectivity index (χ2n) is 9.34. The molecular formula is C29H30F4O. The quantitative estimate of drug-likeness (QED) is 0.313. The van der Waals surface area contributed by atoms with Crippen LogP contribution in [-0.4, -0.2) is 0 Å². The predicted octanol–water partition coefficient (Wildman–Crippen LogP) is 9.14. The van der Waals surface area contributed by atoms with Crippen LogP contribution >= 0.6 is 0 Å². The van der Waals surface area contributed by atoms with Crippen molar-refractivity contribution in [2.75, 3.05) is 0 Å². The first-order valence-electron chi connectivity index (χ1n) is 12.0. The molecule has 0 amide bonds. The van der Waals surface area contributed by atoms with Gasteiger partial charge in [-0.25, -0.2) is 8.78 Å². The molecule has 3 aromatic carbocycles. The van der Waals surface area contributed by atoms with Crippen molar-refractivity contribution in [3.63, 3.8) is 0 Å². The van der Waals surface area contributed by atoms with Gasteiger partial charge in [0, 0.05) is 5.56 Å². The molecule has 34 heavy (non-hydrogen) atoms. The smallest absolute Gasteiger partial charge is 0.426 e. The Bertz CT molecular complexity index is 1070. The summed E-state index contributed by atoms with van der Waals surface area (Å²) in [4.78, 5) is 0. The van der Waals surface area contributed by atoms with Gasteiger partial charge in [0.05, 0.1) is 5.56 Å². The third-order valence-electron chi connectivity index (χ3n) is 6.98. The number of halogens is 4. The number of rotatable bonds is 7. The van der Waals surface area contributed by atoms with Gasteiger partial charge in [0.2, 0.25) is 0 Å². The molecule has 0 radical (unpaired) electrons. The normalized spacial score (nSPS) is 18.6. The van der Waals surface area contributed by atoms with Gasteiger partial charge in [0.1, 0.15) is 17.4 Å². The molecule has 0 atom stereocenters. The molecule has 1 fully saturated rings. The maximum atomic E-state index is 14.5. The standard InChI is InChI=1S/C29H30F4O/c1-3-4-20-5-7-21(8-6-20)22-9-11-23(12-10-22)24-13-15-26(16-14-24)34-29(32,33)25-17-27(30)19(2)28(31)18-25/h9-18,20-21H,3-8H2,1-2H3. The van der Waals surface area contributed by atoms with Crippen molar-refractivity contribution in [3.05, 3.63) is 89.0 Å². The predicted molar refractivity (Wildman–Crippen MR) is 127 cm³/mol. The molecule has 5 heteroatoms. The zero-order chi connectivity index (χ0) is 24.3. The Morgan fingerprint density at radius 3 is 1.88 bits per heavy atom. The van der Waals surface area contributed by atoms with Gasteiger partial charge in [-0.3, -0.25) is 0 Å². The Kier molecular flexibility index (Phi) is 7.30. The van der Waals surface area contributed by atoms with Crippen LogP contribution in [0.2, 0.25) is 0 Å². The van der Waals surface area contributed by atoms with E-state index in [0.717, 1.165) is 17.0 Å². The molecule has 0 aromatic heterocycles. The summed E-state index contributed by atoms with van der Waals surface area (Å²) < 4.78 is 61.2. The van der Waals surface area contributed by atoms with E-state index in [1.807, 2.05) is 0 Å². The Balaban J connectivity index is 1.41. The van der Waals surface area contributed by atoms with Crippen LogP contribution in [0.3, 0.4) is 0 Å². The summed E-state index contributed by atoms with van der Waals surface area (Å²) in [6.45, 7) is 3.44. The Morgan fingerprint density at radius 1 is 0.824 bits per heavy atom. The van der Waals surface area contributed by atoms with Gasteiger partial charge in [-0.2, -0.15) is 8.78 Å². The van der Waals surface area contributed by atoms with Gasteiger partial charge in [-0.1, -0.05) is 56.2 Å². The summed E-state index contributed by atoms with van der Waals surface area (Å²) in [5.41, 5.74) is 2.05. The van der Waals surface area contributed by atoms with E-state index in [4.69, 9.17) is 4.74 Å². The minimum absolute atomic E-state index is 0.0874. The highest BCUT2D eigenvalue weighted by Crippen LogP contribution is 2.38. The van der Waals surface area contributed by atoms with Gasteiger partial charge in [0.25, 0.3) is 0 Å². The lowest BCUT2D eigenvalue weighted by Crippen LogP contribution is -2.22. The maximum Gasteiger partial charge on any atom is 0.426 e. The zero-order valence-corrected chi connectivity index (χ0v) is 19.6. The van der Waals surface area contributed by atoms with Crippen molar-refractivity contribution < 1.29 is 22.3 Å². The fourth-order valence-electron chi connectivity index (χ4n) is 4.88. The Hall–Kier alpha value is -2.82. The highest BCUT2D eigenvalue weighted by Gasteiger charge is 2.36. The maximum absolute atomic E-state index is 14.5. The van der Waals surface area contributed by atoms with Crippen molar-refractivity contribution >= 4 is 0 Å². The second kappa shape index (κ2) is 10.2. The number of hydrogen-bond acceptors (Lipinski definition) is 1. The summed E-state index contributed by atoms with van der Waals surface area (Å²) >= 11 is 0. The van der Waals surface area contributed by atoms with Crippen molar-refractivity contribution in [1.82, 2.24) is 0 Å². The van der Waals surface area contributed by atoms with Crippen LogP contribution in [0.1, 0.15) is 68.1 Å². The van der Waals surface area contributed by atoms with Gasteiger partial charge in [-0.05, 0) is 85.4 Å². The molecule has 0 spiro atoms. The molecule has 1 aliphatic carbocycles. The van der Waals surface area contributed by atoms with Gasteiger partial charge < -0.3 is 4.74 Å². The lowest BCUT2D eigenvalue weighted by atomic mass is 9.77. The molecule has 3 aromatic rings. The zero-order valence-electron chi connectivity index (χ0n) is 19.6. The minimum Gasteiger partial charge on any atom is -0.429 e. The topological polar surface area (TPSA) is 9.23 Å². The summed E-state index contributed by atoms with van der Waals surface area (Å²) in [5.74, 6) is -0.679. The molecule has 0 heterocycles. The van der Waals surface area contributed by atoms with Crippen molar-refractivity contribution in [2.24, 2.45) is 5.92 Å². The average molecular weight is 471 g/mol. The average Bonchev–Trinajstić information content (AvgIpc) is 2.83. The monoisotopic (exact) mass is 470 g/mol. The minimum atomic E-state index is -3.87. The van der Waals surface area contributed by atoms with E-state index in [1.54, 1.807) is 12.1 Å². The molecule has 1 nitrogen and oxygen atoms in total. The molecule has 1 saturated carbocycles. The van der Waals surface area contributed by atoms with E-state index >= 15 is 0 Å². The van der Waals surface area contributed by atoms with E-state index in [0.29, 0.717) is 18.1 Å². The van der Waals surface area contributed by atoms with Crippen LogP contribution < -0.4 is 4.74 Å². The molecule has 0 bridgehead atoms. The lowest BCUT2D eigenvalue weighted by molar-refractivity contribution is -0.185. The van der Waals surface area contributed by atoms with Crippen LogP contribution in [0.25, 0.3) is 11.1 Å². The highest BCUT2D eigenvalue weighted by atomic mass is 19.3. The van der Waals surface area contributed by atoms with Crippen LogP contribution in [0, 0.1) is 24.5 Å². The molecule has 180 valence electrons. The van der Waals surface area contributed by atoms with Gasteiger partial charge >= 0.3 is 6.11 Å². The Labute approximate surface area is 198 Å². The van der Waals surface area contributed by atoms with Crippen molar-refractivity contribution in [3.8, 4) is 16.9 Å². The van der Waals surface area contributed by atoms with Crippen LogP contribution in [-0.2, 0) is 6.11 Å². The van der Waals surface area contributed by atoms with Gasteiger partial charge in [-0.15, -0.1) is 0 Å². The summed E-state index contributed by atoms with van der Waals surface area (Å²) in [5, 5.41) is 0. The lowest BCUT2D eigenvalue weighted by Gasteiger charge is -2.28. The van der Waals surface area contributed by atoms with E-state index in [9.17, 15) is 17.6 Å². The van der Waals surface area contributed by atoms with Crippen molar-refractivity contribution in [2.45, 2.75) is 64.4 Å². The first-order valence-corrected chi connectivity index (χ1v) is 12.0. The number of alkyl halides is 2. The van der Waals surface area contributed by atoms with Crippen LogP contribution in [0.15, 0.2) is 60.7 Å². The van der Waals surface area contributed by atoms with Crippen LogP contribution in [0.5, 0.6) is 5.75 Å². The summed E-state index contributed by atoms with van der Waals surface area (Å²) in [6, 6.07) is 15.9. The molecule has 0 saturated heterocycles. The number of ether oxygens (including phenoxy) is 1.